The lowest BCUT2D eigenvalue weighted by atomic mass is 9.81. The molecule has 222 valence electrons. The van der Waals surface area contributed by atoms with Crippen molar-refractivity contribution in [1.29, 1.82) is 5.26 Å². The Kier molecular flexibility index (Phi) is 7.93. The summed E-state index contributed by atoms with van der Waals surface area (Å²) >= 11 is 0.816. The molecule has 1 atom stereocenters. The number of hydrogen-bond donors (Lipinski definition) is 0. The number of amides is 2. The number of methoxy groups -OCH3 is 1. The lowest BCUT2D eigenvalue weighted by molar-refractivity contribution is -0.137. The number of urea groups is 1. The van der Waals surface area contributed by atoms with Gasteiger partial charge in [0.1, 0.15) is 10.9 Å². The first-order chi connectivity index (χ1) is 20.4. The van der Waals surface area contributed by atoms with Gasteiger partial charge in [0, 0.05) is 16.7 Å². The zero-order valence-corrected chi connectivity index (χ0v) is 24.5. The number of alkyl halides is 3. The van der Waals surface area contributed by atoms with Gasteiger partial charge in [-0.2, -0.15) is 18.4 Å². The Morgan fingerprint density at radius 1 is 1.14 bits per heavy atom. The SMILES string of the molecule is CC=C1CCCC2=C1C(c1ccc(C#N)cc1)N(S(=O)(=O)c1csc(C(=O)OC)c1)C(=O)N2c1cccc(C(F)(F)F)c1. The Hall–Kier alpha value is -4.41. The van der Waals surface area contributed by atoms with Crippen molar-refractivity contribution >= 4 is 39.0 Å². The van der Waals surface area contributed by atoms with Crippen molar-refractivity contribution in [2.24, 2.45) is 0 Å². The second kappa shape index (κ2) is 11.3. The van der Waals surface area contributed by atoms with Crippen LogP contribution in [-0.4, -0.2) is 31.8 Å². The van der Waals surface area contributed by atoms with Gasteiger partial charge >= 0.3 is 18.2 Å². The van der Waals surface area contributed by atoms with Gasteiger partial charge in [-0.1, -0.05) is 24.3 Å². The van der Waals surface area contributed by atoms with E-state index < -0.39 is 39.8 Å². The van der Waals surface area contributed by atoms with Gasteiger partial charge in [0.25, 0.3) is 10.0 Å². The van der Waals surface area contributed by atoms with Crippen molar-refractivity contribution in [1.82, 2.24) is 4.31 Å². The maximum atomic E-state index is 14.5. The van der Waals surface area contributed by atoms with E-state index in [0.717, 1.165) is 53.2 Å². The predicted molar refractivity (Wildman–Crippen MR) is 153 cm³/mol. The summed E-state index contributed by atoms with van der Waals surface area (Å²) in [5.41, 5.74) is 1.18. The van der Waals surface area contributed by atoms with Gasteiger partial charge in [-0.05, 0) is 73.7 Å². The Labute approximate surface area is 250 Å². The fourth-order valence-corrected chi connectivity index (χ4v) is 8.03. The molecule has 2 amide bonds. The van der Waals surface area contributed by atoms with Crippen molar-refractivity contribution < 1.29 is 35.9 Å². The molecule has 0 bridgehead atoms. The number of nitrogens with zero attached hydrogens (tertiary/aromatic N) is 3. The molecule has 2 aromatic carbocycles. The maximum Gasteiger partial charge on any atom is 0.416 e. The number of ether oxygens (including phenoxy) is 1. The molecule has 5 rings (SSSR count). The molecule has 3 aromatic rings. The number of halogens is 3. The van der Waals surface area contributed by atoms with Crippen LogP contribution in [0.15, 0.2) is 87.8 Å². The quantitative estimate of drug-likeness (QED) is 0.277. The van der Waals surface area contributed by atoms with Crippen molar-refractivity contribution in [3.63, 3.8) is 0 Å². The molecule has 8 nitrogen and oxygen atoms in total. The third-order valence-corrected chi connectivity index (χ3v) is 10.1. The number of rotatable bonds is 5. The minimum absolute atomic E-state index is 0.0121. The van der Waals surface area contributed by atoms with Crippen LogP contribution in [0.5, 0.6) is 0 Å². The van der Waals surface area contributed by atoms with Crippen LogP contribution in [0.2, 0.25) is 0 Å². The number of carbonyl (C=O) groups excluding carboxylic acids is 2. The van der Waals surface area contributed by atoms with Gasteiger partial charge in [-0.25, -0.2) is 22.3 Å². The van der Waals surface area contributed by atoms with Gasteiger partial charge in [0.15, 0.2) is 0 Å². The van der Waals surface area contributed by atoms with Crippen LogP contribution in [0.1, 0.15) is 58.6 Å². The van der Waals surface area contributed by atoms with Gasteiger partial charge in [0.2, 0.25) is 0 Å². The smallest absolute Gasteiger partial charge is 0.416 e. The summed E-state index contributed by atoms with van der Waals surface area (Å²) in [6.07, 6.45) is -1.46. The molecule has 0 saturated carbocycles. The average molecular weight is 628 g/mol. The molecule has 1 aromatic heterocycles. The summed E-state index contributed by atoms with van der Waals surface area (Å²) < 4.78 is 75.2. The molecule has 43 heavy (non-hydrogen) atoms. The second-order valence-corrected chi connectivity index (χ2v) is 12.5. The maximum absolute atomic E-state index is 14.5. The van der Waals surface area contributed by atoms with Crippen LogP contribution < -0.4 is 4.90 Å². The lowest BCUT2D eigenvalue weighted by Crippen LogP contribution is -2.53. The number of nitriles is 1. The first kappa shape index (κ1) is 30.1. The van der Waals surface area contributed by atoms with Gasteiger partial charge < -0.3 is 4.74 Å². The van der Waals surface area contributed by atoms with Crippen molar-refractivity contribution in [2.45, 2.75) is 43.3 Å². The van der Waals surface area contributed by atoms with E-state index in [0.29, 0.717) is 46.0 Å². The normalized spacial score (nSPS) is 18.5. The van der Waals surface area contributed by atoms with E-state index in [4.69, 9.17) is 4.74 Å². The summed E-state index contributed by atoms with van der Waals surface area (Å²) in [5.74, 6) is -0.765. The highest BCUT2D eigenvalue weighted by Crippen LogP contribution is 2.49. The zero-order chi connectivity index (χ0) is 31.1. The number of carbonyl (C=O) groups is 2. The van der Waals surface area contributed by atoms with Crippen LogP contribution in [0.3, 0.4) is 0 Å². The monoisotopic (exact) mass is 627 g/mol. The molecule has 1 unspecified atom stereocenters. The summed E-state index contributed by atoms with van der Waals surface area (Å²) in [5, 5.41) is 10.5. The van der Waals surface area contributed by atoms with E-state index in [9.17, 15) is 36.4 Å². The highest BCUT2D eigenvalue weighted by molar-refractivity contribution is 7.89. The summed E-state index contributed by atoms with van der Waals surface area (Å²) in [7, 11) is -3.56. The number of anilines is 1. The van der Waals surface area contributed by atoms with Crippen LogP contribution in [0.4, 0.5) is 23.7 Å². The molecular weight excluding hydrogens is 603 g/mol. The Morgan fingerprint density at radius 2 is 1.86 bits per heavy atom. The topological polar surface area (TPSA) is 108 Å². The van der Waals surface area contributed by atoms with E-state index in [1.807, 2.05) is 6.07 Å². The summed E-state index contributed by atoms with van der Waals surface area (Å²) in [6, 6.07) is 11.1. The summed E-state index contributed by atoms with van der Waals surface area (Å²) in [6.45, 7) is 1.77. The van der Waals surface area contributed by atoms with Gasteiger partial charge in [0.05, 0.1) is 34.9 Å². The Bertz CT molecular complexity index is 1820. The Balaban J connectivity index is 1.81. The van der Waals surface area contributed by atoms with Gasteiger partial charge in [-0.15, -0.1) is 11.3 Å². The van der Waals surface area contributed by atoms with E-state index in [-0.39, 0.29) is 15.5 Å². The third-order valence-electron chi connectivity index (χ3n) is 7.33. The molecule has 0 saturated heterocycles. The fourth-order valence-electron chi connectivity index (χ4n) is 5.35. The van der Waals surface area contributed by atoms with E-state index >= 15 is 0 Å². The minimum atomic E-state index is -4.71. The highest BCUT2D eigenvalue weighted by Gasteiger charge is 2.49. The first-order valence-corrected chi connectivity index (χ1v) is 15.4. The number of benzene rings is 2. The summed E-state index contributed by atoms with van der Waals surface area (Å²) in [4.78, 5) is 27.3. The minimum Gasteiger partial charge on any atom is -0.465 e. The molecule has 2 aliphatic rings. The lowest BCUT2D eigenvalue weighted by Gasteiger charge is -2.45. The molecule has 13 heteroatoms. The number of allylic oxidation sites excluding steroid dienone is 2. The molecule has 1 aliphatic carbocycles. The first-order valence-electron chi connectivity index (χ1n) is 13.0. The van der Waals surface area contributed by atoms with E-state index in [1.165, 1.54) is 23.6 Å². The molecule has 2 heterocycles. The molecule has 1 aliphatic heterocycles. The van der Waals surface area contributed by atoms with Crippen LogP contribution in [0, 0.1) is 11.3 Å². The largest absolute Gasteiger partial charge is 0.465 e. The third kappa shape index (κ3) is 5.32. The number of hydrogen-bond acceptors (Lipinski definition) is 7. The molecule has 0 fully saturated rings. The molecular formula is C30H24F3N3O5S2. The predicted octanol–water partition coefficient (Wildman–Crippen LogP) is 7.18. The molecule has 0 spiro atoms. The standard InChI is InChI=1S/C30H24F3N3O5S2/c1-3-19-6-4-9-24-26(19)27(20-12-10-18(16-34)11-13-20)36(43(39,40)23-15-25(42-17-23)28(37)41-2)29(38)35(24)22-8-5-7-21(14-22)30(31,32)33/h3,5,7-8,10-15,17,27H,4,6,9H2,1-2H3. The van der Waals surface area contributed by atoms with E-state index in [1.54, 1.807) is 25.1 Å². The van der Waals surface area contributed by atoms with Crippen LogP contribution in [-0.2, 0) is 20.9 Å². The second-order valence-electron chi connectivity index (χ2n) is 9.77. The molecule has 0 N–H and O–H groups in total. The van der Waals surface area contributed by atoms with Crippen molar-refractivity contribution in [3.05, 3.63) is 104 Å². The van der Waals surface area contributed by atoms with E-state index in [2.05, 4.69) is 0 Å². The number of sulfonamides is 1. The average Bonchev–Trinajstić information content (AvgIpc) is 3.51. The van der Waals surface area contributed by atoms with Crippen molar-refractivity contribution in [3.8, 4) is 6.07 Å². The van der Waals surface area contributed by atoms with Crippen molar-refractivity contribution in [2.75, 3.05) is 12.0 Å². The van der Waals surface area contributed by atoms with Crippen LogP contribution >= 0.6 is 11.3 Å². The zero-order valence-electron chi connectivity index (χ0n) is 22.9. The highest BCUT2D eigenvalue weighted by atomic mass is 32.2. The van der Waals surface area contributed by atoms with Gasteiger partial charge in [-0.3, -0.25) is 4.90 Å². The Morgan fingerprint density at radius 3 is 2.49 bits per heavy atom. The number of thiophene rings is 1. The number of esters is 1. The fraction of sp³-hybridized carbons (Fsp3) is 0.233. The molecule has 0 radical (unpaired) electrons. The van der Waals surface area contributed by atoms with Crippen LogP contribution in [0.25, 0.3) is 0 Å².